The third-order valence-corrected chi connectivity index (χ3v) is 2.47. The molecule has 0 radical (unpaired) electrons. The number of nitrogens with zero attached hydrogens (tertiary/aromatic N) is 1. The summed E-state index contributed by atoms with van der Waals surface area (Å²) < 4.78 is 13.0. The monoisotopic (exact) mass is 379 g/mol. The van der Waals surface area contributed by atoms with E-state index in [1.54, 1.807) is 12.1 Å². The lowest BCUT2D eigenvalue weighted by Gasteiger charge is -2.08. The number of aliphatic imine (C=N–C) groups is 1. The number of hydrogen-bond donors (Lipinski definition) is 2. The molecular formula is C14H23FIN3. The molecular weight excluding hydrogens is 356 g/mol. The van der Waals surface area contributed by atoms with Crippen LogP contribution in [0.25, 0.3) is 0 Å². The first-order valence-electron chi connectivity index (χ1n) is 6.53. The van der Waals surface area contributed by atoms with Crippen molar-refractivity contribution in [3.63, 3.8) is 0 Å². The summed E-state index contributed by atoms with van der Waals surface area (Å²) in [5.41, 5.74) is 1.03. The number of nitrogens with one attached hydrogen (secondary N) is 2. The van der Waals surface area contributed by atoms with Crippen LogP contribution in [0.5, 0.6) is 0 Å². The van der Waals surface area contributed by atoms with E-state index >= 15 is 0 Å². The second-order valence-electron chi connectivity index (χ2n) is 4.02. The third-order valence-electron chi connectivity index (χ3n) is 2.47. The Hall–Kier alpha value is -0.850. The van der Waals surface area contributed by atoms with Crippen molar-refractivity contribution in [2.24, 2.45) is 4.99 Å². The van der Waals surface area contributed by atoms with Crippen LogP contribution in [0.4, 0.5) is 4.39 Å². The first kappa shape index (κ1) is 18.1. The molecule has 0 unspecified atom stereocenters. The molecule has 0 saturated heterocycles. The summed E-state index contributed by atoms with van der Waals surface area (Å²) in [6.45, 7) is 6.54. The van der Waals surface area contributed by atoms with Gasteiger partial charge in [-0.25, -0.2) is 4.39 Å². The lowest BCUT2D eigenvalue weighted by Crippen LogP contribution is -2.37. The molecule has 2 N–H and O–H groups in total. The summed E-state index contributed by atoms with van der Waals surface area (Å²) in [5, 5.41) is 6.34. The molecule has 0 aliphatic heterocycles. The van der Waals surface area contributed by atoms with Crippen molar-refractivity contribution in [1.82, 2.24) is 10.6 Å². The van der Waals surface area contributed by atoms with Crippen LogP contribution in [0.2, 0.25) is 0 Å². The molecule has 0 saturated carbocycles. The fourth-order valence-electron chi connectivity index (χ4n) is 1.68. The van der Waals surface area contributed by atoms with Gasteiger partial charge in [-0.05, 0) is 44.4 Å². The van der Waals surface area contributed by atoms with Gasteiger partial charge in [0, 0.05) is 19.6 Å². The number of hydrogen-bond acceptors (Lipinski definition) is 1. The molecule has 0 amide bonds. The molecule has 0 aromatic heterocycles. The highest BCUT2D eigenvalue weighted by atomic mass is 127. The van der Waals surface area contributed by atoms with Gasteiger partial charge in [0.05, 0.1) is 0 Å². The molecule has 0 fully saturated rings. The van der Waals surface area contributed by atoms with E-state index in [2.05, 4.69) is 15.6 Å². The standard InChI is InChI=1S/C14H22FN3.HI/c1-3-16-14(17-4-2)18-10-6-8-12-7-5-9-13(15)11-12;/h5,7,9,11H,3-4,6,8,10H2,1-2H3,(H2,16,17,18);1H. The SMILES string of the molecule is CCNC(=NCCCc1cccc(F)c1)NCC.I. The van der Waals surface area contributed by atoms with E-state index in [9.17, 15) is 4.39 Å². The minimum atomic E-state index is -0.169. The van der Waals surface area contributed by atoms with Crippen LogP contribution in [0.15, 0.2) is 29.3 Å². The van der Waals surface area contributed by atoms with Gasteiger partial charge in [0.1, 0.15) is 5.82 Å². The van der Waals surface area contributed by atoms with E-state index in [0.717, 1.165) is 44.0 Å². The van der Waals surface area contributed by atoms with Crippen LogP contribution in [-0.2, 0) is 6.42 Å². The molecule has 3 nitrogen and oxygen atoms in total. The largest absolute Gasteiger partial charge is 0.357 e. The summed E-state index contributed by atoms with van der Waals surface area (Å²) in [7, 11) is 0. The zero-order valence-corrected chi connectivity index (χ0v) is 13.9. The zero-order valence-electron chi connectivity index (χ0n) is 11.6. The molecule has 0 bridgehead atoms. The molecule has 1 rings (SSSR count). The lowest BCUT2D eigenvalue weighted by atomic mass is 10.1. The van der Waals surface area contributed by atoms with Gasteiger partial charge >= 0.3 is 0 Å². The van der Waals surface area contributed by atoms with Crippen molar-refractivity contribution < 1.29 is 4.39 Å². The lowest BCUT2D eigenvalue weighted by molar-refractivity contribution is 0.624. The molecule has 0 atom stereocenters. The molecule has 0 aliphatic rings. The molecule has 1 aromatic carbocycles. The number of guanidine groups is 1. The second kappa shape index (κ2) is 11.0. The summed E-state index contributed by atoms with van der Waals surface area (Å²) in [6.07, 6.45) is 1.77. The average molecular weight is 379 g/mol. The van der Waals surface area contributed by atoms with Crippen LogP contribution in [0.1, 0.15) is 25.8 Å². The van der Waals surface area contributed by atoms with Gasteiger partial charge in [0.2, 0.25) is 0 Å². The van der Waals surface area contributed by atoms with E-state index in [1.807, 2.05) is 19.9 Å². The van der Waals surface area contributed by atoms with Crippen molar-refractivity contribution >= 4 is 29.9 Å². The fourth-order valence-corrected chi connectivity index (χ4v) is 1.68. The summed E-state index contributed by atoms with van der Waals surface area (Å²) in [4.78, 5) is 4.44. The quantitative estimate of drug-likeness (QED) is 0.345. The Morgan fingerprint density at radius 1 is 1.21 bits per heavy atom. The number of rotatable bonds is 6. The Bertz CT molecular complexity index is 375. The fraction of sp³-hybridized carbons (Fsp3) is 0.500. The highest BCUT2D eigenvalue weighted by Gasteiger charge is 1.96. The minimum Gasteiger partial charge on any atom is -0.357 e. The molecule has 1 aromatic rings. The molecule has 0 spiro atoms. The molecule has 5 heteroatoms. The van der Waals surface area contributed by atoms with Crippen LogP contribution in [0.3, 0.4) is 0 Å². The van der Waals surface area contributed by atoms with Crippen molar-refractivity contribution in [3.8, 4) is 0 Å². The Kier molecular flexibility index (Phi) is 10.5. The highest BCUT2D eigenvalue weighted by Crippen LogP contribution is 2.05. The van der Waals surface area contributed by atoms with E-state index in [1.165, 1.54) is 6.07 Å². The van der Waals surface area contributed by atoms with Gasteiger partial charge in [-0.15, -0.1) is 24.0 Å². The average Bonchev–Trinajstić information content (AvgIpc) is 2.35. The van der Waals surface area contributed by atoms with Crippen molar-refractivity contribution in [1.29, 1.82) is 0 Å². The van der Waals surface area contributed by atoms with Gasteiger partial charge in [-0.1, -0.05) is 12.1 Å². The van der Waals surface area contributed by atoms with E-state index in [0.29, 0.717) is 0 Å². The van der Waals surface area contributed by atoms with E-state index in [-0.39, 0.29) is 29.8 Å². The molecule has 19 heavy (non-hydrogen) atoms. The topological polar surface area (TPSA) is 36.4 Å². The summed E-state index contributed by atoms with van der Waals surface area (Å²) in [5.74, 6) is 0.677. The Morgan fingerprint density at radius 2 is 1.89 bits per heavy atom. The molecule has 0 heterocycles. The van der Waals surface area contributed by atoms with Crippen LogP contribution >= 0.6 is 24.0 Å². The summed E-state index contributed by atoms with van der Waals surface area (Å²) >= 11 is 0. The number of benzene rings is 1. The Balaban J connectivity index is 0.00000324. The Labute approximate surface area is 132 Å². The maximum absolute atomic E-state index is 13.0. The third kappa shape index (κ3) is 8.02. The van der Waals surface area contributed by atoms with E-state index < -0.39 is 0 Å². The van der Waals surface area contributed by atoms with Gasteiger partial charge in [0.15, 0.2) is 5.96 Å². The van der Waals surface area contributed by atoms with E-state index in [4.69, 9.17) is 0 Å². The smallest absolute Gasteiger partial charge is 0.191 e. The first-order chi connectivity index (χ1) is 8.76. The van der Waals surface area contributed by atoms with Gasteiger partial charge < -0.3 is 10.6 Å². The molecule has 108 valence electrons. The summed E-state index contributed by atoms with van der Waals surface area (Å²) in [6, 6.07) is 6.74. The predicted molar refractivity (Wildman–Crippen MR) is 89.8 cm³/mol. The highest BCUT2D eigenvalue weighted by molar-refractivity contribution is 14.0. The van der Waals surface area contributed by atoms with Gasteiger partial charge in [-0.3, -0.25) is 4.99 Å². The first-order valence-corrected chi connectivity index (χ1v) is 6.53. The number of aryl methyl sites for hydroxylation is 1. The Morgan fingerprint density at radius 3 is 2.47 bits per heavy atom. The van der Waals surface area contributed by atoms with Crippen molar-refractivity contribution in [2.75, 3.05) is 19.6 Å². The zero-order chi connectivity index (χ0) is 13.2. The van der Waals surface area contributed by atoms with Crippen LogP contribution in [0, 0.1) is 5.82 Å². The van der Waals surface area contributed by atoms with Gasteiger partial charge in [0.25, 0.3) is 0 Å². The predicted octanol–water partition coefficient (Wildman–Crippen LogP) is 2.95. The van der Waals surface area contributed by atoms with Gasteiger partial charge in [-0.2, -0.15) is 0 Å². The second-order valence-corrected chi connectivity index (χ2v) is 4.02. The van der Waals surface area contributed by atoms with Crippen molar-refractivity contribution in [2.45, 2.75) is 26.7 Å². The van der Waals surface area contributed by atoms with Crippen LogP contribution < -0.4 is 10.6 Å². The molecule has 0 aliphatic carbocycles. The van der Waals surface area contributed by atoms with Crippen molar-refractivity contribution in [3.05, 3.63) is 35.6 Å². The normalized spacial score (nSPS) is 9.42. The van der Waals surface area contributed by atoms with Crippen LogP contribution in [-0.4, -0.2) is 25.6 Å². The maximum atomic E-state index is 13.0. The minimum absolute atomic E-state index is 0. The maximum Gasteiger partial charge on any atom is 0.191 e. The number of halogens is 2.